The molecule has 0 saturated heterocycles. The second-order valence-corrected chi connectivity index (χ2v) is 6.84. The number of hydrogen-bond acceptors (Lipinski definition) is 4. The van der Waals surface area contributed by atoms with E-state index in [2.05, 4.69) is 10.6 Å². The minimum atomic E-state index is -0.570. The lowest BCUT2D eigenvalue weighted by Crippen LogP contribution is -2.39. The highest BCUT2D eigenvalue weighted by Crippen LogP contribution is 2.18. The Kier molecular flexibility index (Phi) is 6.84. The second-order valence-electron chi connectivity index (χ2n) is 6.06. The van der Waals surface area contributed by atoms with E-state index < -0.39 is 6.10 Å². The smallest absolute Gasteiger partial charge is 0.252 e. The number of aliphatic hydroxyl groups excluding tert-OH is 1. The van der Waals surface area contributed by atoms with Crippen LogP contribution in [-0.2, 0) is 4.79 Å². The van der Waals surface area contributed by atoms with Gasteiger partial charge in [0.2, 0.25) is 5.91 Å². The van der Waals surface area contributed by atoms with E-state index in [1.807, 2.05) is 26.2 Å². The molecule has 1 unspecified atom stereocenters. The summed E-state index contributed by atoms with van der Waals surface area (Å²) in [5.41, 5.74) is 0.402. The lowest BCUT2D eigenvalue weighted by Gasteiger charge is -2.25. The molecule has 0 saturated carbocycles. The maximum atomic E-state index is 11.6. The van der Waals surface area contributed by atoms with Gasteiger partial charge in [0.15, 0.2) is 0 Å². The molecule has 21 heavy (non-hydrogen) atoms. The van der Waals surface area contributed by atoms with Crippen LogP contribution >= 0.6 is 11.3 Å². The van der Waals surface area contributed by atoms with Crippen molar-refractivity contribution in [2.45, 2.75) is 39.7 Å². The molecule has 0 radical (unpaired) electrons. The van der Waals surface area contributed by atoms with E-state index in [0.717, 1.165) is 0 Å². The molecule has 5 nitrogen and oxygen atoms in total. The lowest BCUT2D eigenvalue weighted by atomic mass is 9.89. The summed E-state index contributed by atoms with van der Waals surface area (Å²) in [6.45, 7) is 6.48. The first-order valence-electron chi connectivity index (χ1n) is 7.06. The predicted octanol–water partition coefficient (Wildman–Crippen LogP) is 1.78. The van der Waals surface area contributed by atoms with Crippen molar-refractivity contribution >= 4 is 23.2 Å². The van der Waals surface area contributed by atoms with Crippen LogP contribution in [0.1, 0.15) is 44.0 Å². The number of thiophene rings is 1. The third-order valence-corrected chi connectivity index (χ3v) is 3.83. The number of rotatable bonds is 7. The highest BCUT2D eigenvalue weighted by atomic mass is 32.1. The molecular weight excluding hydrogens is 288 g/mol. The molecule has 3 N–H and O–H groups in total. The van der Waals surface area contributed by atoms with E-state index in [1.165, 1.54) is 11.3 Å². The third kappa shape index (κ3) is 6.73. The SMILES string of the molecule is CC(C)(C)C(O)CNC(=O)CCCNC(=O)c1ccsc1. The first kappa shape index (κ1) is 17.7. The summed E-state index contributed by atoms with van der Waals surface area (Å²) in [6.07, 6.45) is 0.341. The fourth-order valence-electron chi connectivity index (χ4n) is 1.55. The average Bonchev–Trinajstić information content (AvgIpc) is 2.93. The molecule has 0 fully saturated rings. The van der Waals surface area contributed by atoms with Gasteiger partial charge in [-0.25, -0.2) is 0 Å². The zero-order valence-electron chi connectivity index (χ0n) is 12.8. The molecule has 1 aromatic heterocycles. The Bertz CT molecular complexity index is 452. The number of hydrogen-bond donors (Lipinski definition) is 3. The van der Waals surface area contributed by atoms with Crippen molar-refractivity contribution in [2.75, 3.05) is 13.1 Å². The van der Waals surface area contributed by atoms with E-state index >= 15 is 0 Å². The standard InChI is InChI=1S/C15H24N2O3S/c1-15(2,3)12(18)9-17-13(19)5-4-7-16-14(20)11-6-8-21-10-11/h6,8,10,12,18H,4-5,7,9H2,1-3H3,(H,16,20)(H,17,19). The highest BCUT2D eigenvalue weighted by Gasteiger charge is 2.22. The maximum absolute atomic E-state index is 11.6. The molecule has 0 aliphatic rings. The van der Waals surface area contributed by atoms with Crippen molar-refractivity contribution in [3.8, 4) is 0 Å². The predicted molar refractivity (Wildman–Crippen MR) is 84.4 cm³/mol. The minimum Gasteiger partial charge on any atom is -0.391 e. The molecule has 1 aromatic rings. The number of amides is 2. The molecule has 0 bridgehead atoms. The van der Waals surface area contributed by atoms with Gasteiger partial charge in [-0.3, -0.25) is 9.59 Å². The minimum absolute atomic E-state index is 0.108. The molecule has 0 aliphatic carbocycles. The molecule has 1 atom stereocenters. The summed E-state index contributed by atoms with van der Waals surface area (Å²) in [4.78, 5) is 23.3. The summed E-state index contributed by atoms with van der Waals surface area (Å²) in [7, 11) is 0. The fraction of sp³-hybridized carbons (Fsp3) is 0.600. The van der Waals surface area contributed by atoms with Crippen molar-refractivity contribution in [3.05, 3.63) is 22.4 Å². The van der Waals surface area contributed by atoms with Crippen LogP contribution < -0.4 is 10.6 Å². The molecule has 0 aromatic carbocycles. The van der Waals surface area contributed by atoms with E-state index in [1.54, 1.807) is 11.4 Å². The summed E-state index contributed by atoms with van der Waals surface area (Å²) >= 11 is 1.47. The molecule has 6 heteroatoms. The Labute approximate surface area is 129 Å². The van der Waals surface area contributed by atoms with Gasteiger partial charge in [0.25, 0.3) is 5.91 Å². The van der Waals surface area contributed by atoms with Gasteiger partial charge in [-0.2, -0.15) is 11.3 Å². The first-order valence-corrected chi connectivity index (χ1v) is 8.00. The van der Waals surface area contributed by atoms with Gasteiger partial charge in [-0.1, -0.05) is 20.8 Å². The van der Waals surface area contributed by atoms with Gasteiger partial charge in [0.05, 0.1) is 6.10 Å². The van der Waals surface area contributed by atoms with Crippen LogP contribution in [-0.4, -0.2) is 36.1 Å². The van der Waals surface area contributed by atoms with Gasteiger partial charge in [0, 0.05) is 30.5 Å². The Morgan fingerprint density at radius 2 is 2.05 bits per heavy atom. The van der Waals surface area contributed by atoms with Crippen LogP contribution in [0.2, 0.25) is 0 Å². The monoisotopic (exact) mass is 312 g/mol. The van der Waals surface area contributed by atoms with Crippen molar-refractivity contribution in [1.29, 1.82) is 0 Å². The number of carbonyl (C=O) groups excluding carboxylic acids is 2. The Balaban J connectivity index is 2.12. The van der Waals surface area contributed by atoms with Gasteiger partial charge in [0.1, 0.15) is 0 Å². The van der Waals surface area contributed by atoms with E-state index in [0.29, 0.717) is 24.9 Å². The van der Waals surface area contributed by atoms with Crippen LogP contribution in [0.15, 0.2) is 16.8 Å². The van der Waals surface area contributed by atoms with E-state index in [4.69, 9.17) is 0 Å². The summed E-state index contributed by atoms with van der Waals surface area (Å²) < 4.78 is 0. The molecular formula is C15H24N2O3S. The van der Waals surface area contributed by atoms with Crippen molar-refractivity contribution in [1.82, 2.24) is 10.6 Å². The molecule has 1 rings (SSSR count). The normalized spacial score (nSPS) is 12.8. The van der Waals surface area contributed by atoms with Crippen LogP contribution in [0.4, 0.5) is 0 Å². The first-order chi connectivity index (χ1) is 9.80. The molecule has 0 spiro atoms. The molecule has 0 aliphatic heterocycles. The number of nitrogens with one attached hydrogen (secondary N) is 2. The van der Waals surface area contributed by atoms with Crippen LogP contribution in [0.5, 0.6) is 0 Å². The fourth-order valence-corrected chi connectivity index (χ4v) is 2.19. The topological polar surface area (TPSA) is 78.4 Å². The van der Waals surface area contributed by atoms with Gasteiger partial charge in [-0.05, 0) is 23.3 Å². The molecule has 1 heterocycles. The second kappa shape index (κ2) is 8.14. The average molecular weight is 312 g/mol. The summed E-state index contributed by atoms with van der Waals surface area (Å²) in [6, 6.07) is 1.76. The highest BCUT2D eigenvalue weighted by molar-refractivity contribution is 7.08. The Morgan fingerprint density at radius 3 is 2.62 bits per heavy atom. The van der Waals surface area contributed by atoms with Crippen molar-refractivity contribution in [2.24, 2.45) is 5.41 Å². The van der Waals surface area contributed by atoms with Gasteiger partial charge in [-0.15, -0.1) is 0 Å². The van der Waals surface area contributed by atoms with E-state index in [9.17, 15) is 14.7 Å². The summed E-state index contributed by atoms with van der Waals surface area (Å²) in [5, 5.41) is 18.9. The number of aliphatic hydroxyl groups is 1. The maximum Gasteiger partial charge on any atom is 0.252 e. The van der Waals surface area contributed by atoms with Gasteiger partial charge >= 0.3 is 0 Å². The Hall–Kier alpha value is -1.40. The van der Waals surface area contributed by atoms with Crippen molar-refractivity contribution < 1.29 is 14.7 Å². The lowest BCUT2D eigenvalue weighted by molar-refractivity contribution is -0.122. The van der Waals surface area contributed by atoms with E-state index in [-0.39, 0.29) is 23.8 Å². The van der Waals surface area contributed by atoms with Crippen LogP contribution in [0.25, 0.3) is 0 Å². The van der Waals surface area contributed by atoms with Crippen LogP contribution in [0, 0.1) is 5.41 Å². The zero-order valence-corrected chi connectivity index (χ0v) is 13.6. The third-order valence-electron chi connectivity index (χ3n) is 3.14. The molecule has 118 valence electrons. The zero-order chi connectivity index (χ0) is 15.9. The quantitative estimate of drug-likeness (QED) is 0.672. The van der Waals surface area contributed by atoms with Crippen LogP contribution in [0.3, 0.4) is 0 Å². The largest absolute Gasteiger partial charge is 0.391 e. The molecule has 2 amide bonds. The van der Waals surface area contributed by atoms with Crippen molar-refractivity contribution in [3.63, 3.8) is 0 Å². The Morgan fingerprint density at radius 1 is 1.33 bits per heavy atom. The number of carbonyl (C=O) groups is 2. The summed E-state index contributed by atoms with van der Waals surface area (Å²) in [5.74, 6) is -0.220. The van der Waals surface area contributed by atoms with Gasteiger partial charge < -0.3 is 15.7 Å².